The van der Waals surface area contributed by atoms with Gasteiger partial charge < -0.3 is 5.73 Å². The second-order valence-electron chi connectivity index (χ2n) is 4.00. The molecular weight excluding hydrogens is 134 g/mol. The third-order valence-electron chi connectivity index (χ3n) is 3.34. The Bertz CT molecular complexity index is 183. The van der Waals surface area contributed by atoms with Crippen molar-refractivity contribution in [1.82, 2.24) is 0 Å². The van der Waals surface area contributed by atoms with Crippen LogP contribution < -0.4 is 5.73 Å². The average molecular weight is 151 g/mol. The lowest BCUT2D eigenvalue weighted by molar-refractivity contribution is 0.264. The van der Waals surface area contributed by atoms with Crippen LogP contribution in [-0.2, 0) is 0 Å². The second kappa shape index (κ2) is 2.63. The van der Waals surface area contributed by atoms with Crippen LogP contribution in [0.5, 0.6) is 0 Å². The lowest BCUT2D eigenvalue weighted by atomic mass is 9.66. The summed E-state index contributed by atoms with van der Waals surface area (Å²) < 4.78 is 0. The largest absolute Gasteiger partial charge is 0.327 e. The molecule has 0 aromatic rings. The van der Waals surface area contributed by atoms with E-state index in [9.17, 15) is 0 Å². The molecule has 0 aromatic heterocycles. The summed E-state index contributed by atoms with van der Waals surface area (Å²) in [5.74, 6) is 1.70. The highest BCUT2D eigenvalue weighted by Gasteiger charge is 2.36. The summed E-state index contributed by atoms with van der Waals surface area (Å²) in [5.41, 5.74) is 7.56. The summed E-state index contributed by atoms with van der Waals surface area (Å²) in [6.07, 6.45) is 7.62. The molecule has 0 aromatic carbocycles. The molecule has 2 aliphatic rings. The van der Waals surface area contributed by atoms with E-state index in [-0.39, 0.29) is 0 Å². The number of rotatable bonds is 1. The number of fused-ring (bicyclic) bond motifs is 1. The van der Waals surface area contributed by atoms with E-state index < -0.39 is 0 Å². The molecule has 0 aliphatic heterocycles. The molecule has 0 spiro atoms. The molecule has 3 atom stereocenters. The summed E-state index contributed by atoms with van der Waals surface area (Å²) in [7, 11) is 0. The first kappa shape index (κ1) is 7.35. The maximum absolute atomic E-state index is 5.91. The van der Waals surface area contributed by atoms with Gasteiger partial charge in [-0.25, -0.2) is 0 Å². The predicted molar refractivity (Wildman–Crippen MR) is 47.2 cm³/mol. The van der Waals surface area contributed by atoms with Crippen molar-refractivity contribution in [3.05, 3.63) is 11.6 Å². The quantitative estimate of drug-likeness (QED) is 0.570. The Morgan fingerprint density at radius 1 is 1.64 bits per heavy atom. The van der Waals surface area contributed by atoms with Crippen LogP contribution in [0.1, 0.15) is 32.6 Å². The summed E-state index contributed by atoms with van der Waals surface area (Å²) in [4.78, 5) is 0. The van der Waals surface area contributed by atoms with Gasteiger partial charge in [-0.15, -0.1) is 0 Å². The summed E-state index contributed by atoms with van der Waals surface area (Å²) in [5, 5.41) is 0. The number of allylic oxidation sites excluding steroid dienone is 1. The Hall–Kier alpha value is -0.300. The molecule has 2 rings (SSSR count). The van der Waals surface area contributed by atoms with Crippen molar-refractivity contribution < 1.29 is 0 Å². The topological polar surface area (TPSA) is 26.0 Å². The molecule has 0 saturated heterocycles. The molecule has 0 bridgehead atoms. The maximum Gasteiger partial charge on any atom is 0.0142 e. The van der Waals surface area contributed by atoms with Crippen LogP contribution in [-0.4, -0.2) is 6.04 Å². The summed E-state index contributed by atoms with van der Waals surface area (Å²) in [6, 6.07) is 0.496. The molecule has 1 fully saturated rings. The Labute approximate surface area is 68.7 Å². The highest BCUT2D eigenvalue weighted by atomic mass is 14.7. The van der Waals surface area contributed by atoms with Gasteiger partial charge in [-0.2, -0.15) is 0 Å². The summed E-state index contributed by atoms with van der Waals surface area (Å²) in [6.45, 7) is 2.29. The fourth-order valence-corrected chi connectivity index (χ4v) is 2.35. The molecule has 62 valence electrons. The van der Waals surface area contributed by atoms with Crippen LogP contribution in [0.2, 0.25) is 0 Å². The molecule has 0 amide bonds. The molecule has 0 heterocycles. The Morgan fingerprint density at radius 2 is 2.45 bits per heavy atom. The molecule has 2 aliphatic carbocycles. The fraction of sp³-hybridized carbons (Fsp3) is 0.800. The van der Waals surface area contributed by atoms with Gasteiger partial charge >= 0.3 is 0 Å². The van der Waals surface area contributed by atoms with Gasteiger partial charge in [0.25, 0.3) is 0 Å². The average Bonchev–Trinajstić information content (AvgIpc) is 2.03. The number of hydrogen-bond donors (Lipinski definition) is 1. The van der Waals surface area contributed by atoms with Gasteiger partial charge in [0, 0.05) is 6.04 Å². The third kappa shape index (κ3) is 1.12. The van der Waals surface area contributed by atoms with Crippen LogP contribution in [0.3, 0.4) is 0 Å². The van der Waals surface area contributed by atoms with Crippen LogP contribution in [0.4, 0.5) is 0 Å². The lowest BCUT2D eigenvalue weighted by Crippen LogP contribution is -2.44. The van der Waals surface area contributed by atoms with E-state index in [1.54, 1.807) is 5.57 Å². The molecule has 1 nitrogen and oxygen atoms in total. The van der Waals surface area contributed by atoms with Crippen molar-refractivity contribution in [1.29, 1.82) is 0 Å². The fourth-order valence-electron chi connectivity index (χ4n) is 2.35. The van der Waals surface area contributed by atoms with E-state index in [1.807, 2.05) is 0 Å². The Balaban J connectivity index is 2.02. The van der Waals surface area contributed by atoms with E-state index in [0.717, 1.165) is 11.8 Å². The SMILES string of the molecule is CCC1CC=C2CC(N)C2C1. The molecule has 0 radical (unpaired) electrons. The number of nitrogens with two attached hydrogens (primary N) is 1. The van der Waals surface area contributed by atoms with Crippen LogP contribution in [0.25, 0.3) is 0 Å². The molecule has 1 heteroatoms. The maximum atomic E-state index is 5.91. The predicted octanol–water partition coefficient (Wildman–Crippen LogP) is 2.08. The first-order valence-corrected chi connectivity index (χ1v) is 4.75. The van der Waals surface area contributed by atoms with Crippen molar-refractivity contribution in [2.75, 3.05) is 0 Å². The minimum absolute atomic E-state index is 0.496. The van der Waals surface area contributed by atoms with Crippen molar-refractivity contribution in [2.45, 2.75) is 38.6 Å². The van der Waals surface area contributed by atoms with Crippen LogP contribution >= 0.6 is 0 Å². The van der Waals surface area contributed by atoms with Gasteiger partial charge in [0.05, 0.1) is 0 Å². The zero-order valence-corrected chi connectivity index (χ0v) is 7.22. The Morgan fingerprint density at radius 3 is 3.09 bits per heavy atom. The molecule has 11 heavy (non-hydrogen) atoms. The molecule has 2 N–H and O–H groups in total. The summed E-state index contributed by atoms with van der Waals surface area (Å²) >= 11 is 0. The van der Waals surface area contributed by atoms with Gasteiger partial charge in [0.1, 0.15) is 0 Å². The highest BCUT2D eigenvalue weighted by Crippen LogP contribution is 2.42. The normalized spacial score (nSPS) is 42.4. The van der Waals surface area contributed by atoms with Gasteiger partial charge in [0.15, 0.2) is 0 Å². The third-order valence-corrected chi connectivity index (χ3v) is 3.34. The van der Waals surface area contributed by atoms with Gasteiger partial charge in [-0.3, -0.25) is 0 Å². The van der Waals surface area contributed by atoms with Crippen LogP contribution in [0.15, 0.2) is 11.6 Å². The van der Waals surface area contributed by atoms with Crippen molar-refractivity contribution in [3.63, 3.8) is 0 Å². The number of hydrogen-bond acceptors (Lipinski definition) is 1. The molecule has 3 unspecified atom stereocenters. The molecule has 1 saturated carbocycles. The van der Waals surface area contributed by atoms with E-state index in [0.29, 0.717) is 6.04 Å². The van der Waals surface area contributed by atoms with E-state index in [2.05, 4.69) is 13.0 Å². The second-order valence-corrected chi connectivity index (χ2v) is 4.00. The highest BCUT2D eigenvalue weighted by molar-refractivity contribution is 5.23. The van der Waals surface area contributed by atoms with Gasteiger partial charge in [-0.1, -0.05) is 25.0 Å². The van der Waals surface area contributed by atoms with E-state index in [1.165, 1.54) is 25.7 Å². The first-order chi connectivity index (χ1) is 5.31. The first-order valence-electron chi connectivity index (χ1n) is 4.75. The smallest absolute Gasteiger partial charge is 0.0142 e. The van der Waals surface area contributed by atoms with Gasteiger partial charge in [0.2, 0.25) is 0 Å². The minimum atomic E-state index is 0.496. The standard InChI is InChI=1S/C10H17N/c1-2-7-3-4-8-6-10(11)9(8)5-7/h4,7,9-10H,2-3,5-6,11H2,1H3. The van der Waals surface area contributed by atoms with Crippen molar-refractivity contribution >= 4 is 0 Å². The lowest BCUT2D eigenvalue weighted by Gasteiger charge is -2.42. The van der Waals surface area contributed by atoms with E-state index >= 15 is 0 Å². The van der Waals surface area contributed by atoms with Crippen LogP contribution in [0, 0.1) is 11.8 Å². The Kier molecular flexibility index (Phi) is 1.76. The van der Waals surface area contributed by atoms with Gasteiger partial charge in [-0.05, 0) is 31.1 Å². The monoisotopic (exact) mass is 151 g/mol. The van der Waals surface area contributed by atoms with Crippen molar-refractivity contribution in [3.8, 4) is 0 Å². The van der Waals surface area contributed by atoms with E-state index in [4.69, 9.17) is 5.73 Å². The van der Waals surface area contributed by atoms with Crippen molar-refractivity contribution in [2.24, 2.45) is 17.6 Å². The zero-order chi connectivity index (χ0) is 7.84. The minimum Gasteiger partial charge on any atom is -0.327 e. The zero-order valence-electron chi connectivity index (χ0n) is 7.22. The molecular formula is C10H17N.